The summed E-state index contributed by atoms with van der Waals surface area (Å²) in [6.45, 7) is 10.5. The van der Waals surface area contributed by atoms with Crippen LogP contribution in [0.2, 0.25) is 0 Å². The Kier molecular flexibility index (Phi) is 28.1. The minimum Gasteiger partial charge on any atom is -0.460 e. The summed E-state index contributed by atoms with van der Waals surface area (Å²) in [6.07, 6.45) is 35.6. The number of esters is 1. The highest BCUT2D eigenvalue weighted by molar-refractivity contribution is 5.73. The summed E-state index contributed by atoms with van der Waals surface area (Å²) in [5.74, 6) is -0.193. The quantitative estimate of drug-likeness (QED) is 0.0640. The van der Waals surface area contributed by atoms with E-state index in [4.69, 9.17) is 9.47 Å². The van der Waals surface area contributed by atoms with Crippen molar-refractivity contribution in [2.24, 2.45) is 5.92 Å². The predicted octanol–water partition coefficient (Wildman–Crippen LogP) is 12.5. The molecule has 0 amide bonds. The number of ether oxygens (including phenoxy) is 2. The fourth-order valence-corrected chi connectivity index (χ4v) is 5.88. The first-order valence-corrected chi connectivity index (χ1v) is 18.1. The van der Waals surface area contributed by atoms with E-state index in [1.165, 1.54) is 148 Å². The molecule has 2 atom stereocenters. The molecule has 0 aromatic heterocycles. The molecule has 3 nitrogen and oxygen atoms in total. The van der Waals surface area contributed by atoms with Gasteiger partial charge in [-0.1, -0.05) is 174 Å². The normalized spacial score (nSPS) is 13.4. The van der Waals surface area contributed by atoms with E-state index in [2.05, 4.69) is 13.8 Å². The highest BCUT2D eigenvalue weighted by Gasteiger charge is 2.31. The molecule has 0 aliphatic rings. The zero-order chi connectivity index (χ0) is 29.7. The van der Waals surface area contributed by atoms with E-state index < -0.39 is 5.60 Å². The molecule has 0 spiro atoms. The molecule has 0 aromatic rings. The van der Waals surface area contributed by atoms with E-state index in [1.54, 1.807) is 7.11 Å². The Bertz CT molecular complexity index is 524. The maximum absolute atomic E-state index is 13.1. The van der Waals surface area contributed by atoms with Crippen molar-refractivity contribution < 1.29 is 14.3 Å². The van der Waals surface area contributed by atoms with Gasteiger partial charge in [0.1, 0.15) is 5.60 Å². The smallest absolute Gasteiger partial charge is 0.312 e. The third kappa shape index (κ3) is 26.3. The van der Waals surface area contributed by atoms with E-state index >= 15 is 0 Å². The fourth-order valence-electron chi connectivity index (χ4n) is 5.88. The van der Waals surface area contributed by atoms with Crippen molar-refractivity contribution in [1.82, 2.24) is 0 Å². The van der Waals surface area contributed by atoms with Crippen LogP contribution in [0, 0.1) is 5.92 Å². The van der Waals surface area contributed by atoms with E-state index in [0.717, 1.165) is 25.7 Å². The van der Waals surface area contributed by atoms with Gasteiger partial charge in [0.15, 0.2) is 0 Å². The average molecular weight is 567 g/mol. The molecule has 0 aromatic carbocycles. The first kappa shape index (κ1) is 39.4. The molecular weight excluding hydrogens is 492 g/mol. The van der Waals surface area contributed by atoms with Crippen LogP contribution in [0.25, 0.3) is 0 Å². The van der Waals surface area contributed by atoms with E-state index in [0.29, 0.717) is 0 Å². The summed E-state index contributed by atoms with van der Waals surface area (Å²) in [6, 6.07) is 0. The standard InChI is InChI=1S/C37H74O3/c1-7-9-11-13-15-17-19-21-23-25-27-29-31-33-35(39-6)34(36(38)40-37(3,4)5)32-30-28-26-24-22-20-18-16-14-12-10-8-2/h34-35H,7-33H2,1-6H3/t34-,35-/m1/s1. The van der Waals surface area contributed by atoms with Gasteiger partial charge < -0.3 is 9.47 Å². The lowest BCUT2D eigenvalue weighted by Gasteiger charge is -2.28. The molecular formula is C37H74O3. The largest absolute Gasteiger partial charge is 0.460 e. The number of hydrogen-bond acceptors (Lipinski definition) is 3. The van der Waals surface area contributed by atoms with E-state index in [-0.39, 0.29) is 18.0 Å². The lowest BCUT2D eigenvalue weighted by molar-refractivity contribution is -0.165. The number of hydrogen-bond donors (Lipinski definition) is 0. The monoisotopic (exact) mass is 567 g/mol. The first-order chi connectivity index (χ1) is 19.4. The van der Waals surface area contributed by atoms with Gasteiger partial charge in [0.05, 0.1) is 12.0 Å². The van der Waals surface area contributed by atoms with Gasteiger partial charge in [0, 0.05) is 7.11 Å². The van der Waals surface area contributed by atoms with Crippen molar-refractivity contribution in [3.05, 3.63) is 0 Å². The Morgan fingerprint density at radius 1 is 0.500 bits per heavy atom. The van der Waals surface area contributed by atoms with Crippen LogP contribution in [0.4, 0.5) is 0 Å². The van der Waals surface area contributed by atoms with Crippen molar-refractivity contribution in [2.45, 2.75) is 220 Å². The van der Waals surface area contributed by atoms with E-state index in [9.17, 15) is 4.79 Å². The molecule has 0 unspecified atom stereocenters. The number of methoxy groups -OCH3 is 1. The Hall–Kier alpha value is -0.570. The van der Waals surface area contributed by atoms with Gasteiger partial charge >= 0.3 is 5.97 Å². The van der Waals surface area contributed by atoms with Crippen LogP contribution in [0.3, 0.4) is 0 Å². The topological polar surface area (TPSA) is 35.5 Å². The average Bonchev–Trinajstić information content (AvgIpc) is 2.91. The lowest BCUT2D eigenvalue weighted by Crippen LogP contribution is -2.36. The van der Waals surface area contributed by atoms with Crippen molar-refractivity contribution in [3.8, 4) is 0 Å². The fraction of sp³-hybridized carbons (Fsp3) is 0.973. The van der Waals surface area contributed by atoms with Crippen molar-refractivity contribution >= 4 is 5.97 Å². The molecule has 40 heavy (non-hydrogen) atoms. The molecule has 3 heteroatoms. The number of rotatable bonds is 30. The van der Waals surface area contributed by atoms with Crippen LogP contribution in [0.5, 0.6) is 0 Å². The molecule has 0 saturated heterocycles. The van der Waals surface area contributed by atoms with Gasteiger partial charge in [-0.05, 0) is 33.6 Å². The van der Waals surface area contributed by atoms with Crippen molar-refractivity contribution in [3.63, 3.8) is 0 Å². The zero-order valence-electron chi connectivity index (χ0n) is 28.5. The molecule has 0 heterocycles. The maximum atomic E-state index is 13.1. The summed E-state index contributed by atoms with van der Waals surface area (Å²) < 4.78 is 11.8. The van der Waals surface area contributed by atoms with Crippen molar-refractivity contribution in [1.29, 1.82) is 0 Å². The Morgan fingerprint density at radius 2 is 0.800 bits per heavy atom. The second kappa shape index (κ2) is 28.5. The molecule has 0 N–H and O–H groups in total. The number of carbonyl (C=O) groups excluding carboxylic acids is 1. The number of carbonyl (C=O) groups is 1. The minimum absolute atomic E-state index is 0.0183. The predicted molar refractivity (Wildman–Crippen MR) is 176 cm³/mol. The SMILES string of the molecule is CCCCCCCCCCCCCCC[C@@H](OC)[C@@H](CCCCCCCCCCCCCC)C(=O)OC(C)(C)C. The molecule has 0 aliphatic carbocycles. The highest BCUT2D eigenvalue weighted by Crippen LogP contribution is 2.26. The van der Waals surface area contributed by atoms with Gasteiger partial charge in [-0.25, -0.2) is 0 Å². The van der Waals surface area contributed by atoms with Crippen LogP contribution in [0.1, 0.15) is 208 Å². The van der Waals surface area contributed by atoms with E-state index in [1.807, 2.05) is 20.8 Å². The van der Waals surface area contributed by atoms with Crippen LogP contribution in [0.15, 0.2) is 0 Å². The maximum Gasteiger partial charge on any atom is 0.312 e. The Morgan fingerprint density at radius 3 is 1.10 bits per heavy atom. The number of unbranched alkanes of at least 4 members (excludes halogenated alkanes) is 23. The molecule has 0 saturated carbocycles. The van der Waals surface area contributed by atoms with Gasteiger partial charge in [-0.15, -0.1) is 0 Å². The van der Waals surface area contributed by atoms with Gasteiger partial charge in [0.2, 0.25) is 0 Å². The van der Waals surface area contributed by atoms with Crippen LogP contribution in [-0.2, 0) is 14.3 Å². The van der Waals surface area contributed by atoms with Crippen molar-refractivity contribution in [2.75, 3.05) is 7.11 Å². The molecule has 0 aliphatic heterocycles. The lowest BCUT2D eigenvalue weighted by atomic mass is 9.91. The van der Waals surface area contributed by atoms with Gasteiger partial charge in [0.25, 0.3) is 0 Å². The molecule has 0 radical (unpaired) electrons. The first-order valence-electron chi connectivity index (χ1n) is 18.1. The third-order valence-electron chi connectivity index (χ3n) is 8.42. The molecule has 0 rings (SSSR count). The third-order valence-corrected chi connectivity index (χ3v) is 8.42. The van der Waals surface area contributed by atoms with Gasteiger partial charge in [-0.3, -0.25) is 4.79 Å². The summed E-state index contributed by atoms with van der Waals surface area (Å²) in [5.41, 5.74) is -0.445. The van der Waals surface area contributed by atoms with Crippen LogP contribution >= 0.6 is 0 Å². The summed E-state index contributed by atoms with van der Waals surface area (Å²) in [4.78, 5) is 13.1. The Labute approximate surface area is 252 Å². The summed E-state index contributed by atoms with van der Waals surface area (Å²) >= 11 is 0. The second-order valence-electron chi connectivity index (χ2n) is 13.6. The Balaban J connectivity index is 4.17. The summed E-state index contributed by atoms with van der Waals surface area (Å²) in [5, 5.41) is 0. The van der Waals surface area contributed by atoms with Crippen LogP contribution < -0.4 is 0 Å². The molecule has 0 bridgehead atoms. The summed E-state index contributed by atoms with van der Waals surface area (Å²) in [7, 11) is 1.78. The van der Waals surface area contributed by atoms with Gasteiger partial charge in [-0.2, -0.15) is 0 Å². The zero-order valence-corrected chi connectivity index (χ0v) is 28.5. The minimum atomic E-state index is -0.445. The molecule has 0 fully saturated rings. The van der Waals surface area contributed by atoms with Crippen LogP contribution in [-0.4, -0.2) is 24.8 Å². The molecule has 240 valence electrons. The highest BCUT2D eigenvalue weighted by atomic mass is 16.6. The second-order valence-corrected chi connectivity index (χ2v) is 13.6.